The monoisotopic (exact) mass is 290 g/mol. The smallest absolute Gasteiger partial charge is 0.142 e. The summed E-state index contributed by atoms with van der Waals surface area (Å²) in [5.74, 6) is 1.03. The van der Waals surface area contributed by atoms with Crippen molar-refractivity contribution >= 4 is 5.69 Å². The first kappa shape index (κ1) is 16.2. The highest BCUT2D eigenvalue weighted by Gasteiger charge is 2.20. The van der Waals surface area contributed by atoms with Gasteiger partial charge < -0.3 is 15.0 Å². The Kier molecular flexibility index (Phi) is 6.37. The van der Waals surface area contributed by atoms with Gasteiger partial charge in [-0.15, -0.1) is 0 Å². The maximum Gasteiger partial charge on any atom is 0.142 e. The molecule has 1 aromatic rings. The molecule has 3 nitrogen and oxygen atoms in total. The van der Waals surface area contributed by atoms with Gasteiger partial charge in [0.15, 0.2) is 0 Å². The van der Waals surface area contributed by atoms with Crippen molar-refractivity contribution in [3.8, 4) is 5.75 Å². The Morgan fingerprint density at radius 2 is 2.05 bits per heavy atom. The van der Waals surface area contributed by atoms with Gasteiger partial charge in [-0.1, -0.05) is 19.4 Å². The zero-order valence-electron chi connectivity index (χ0n) is 13.8. The van der Waals surface area contributed by atoms with Gasteiger partial charge in [0.25, 0.3) is 0 Å². The van der Waals surface area contributed by atoms with E-state index in [4.69, 9.17) is 4.74 Å². The lowest BCUT2D eigenvalue weighted by molar-refractivity contribution is 0.340. The van der Waals surface area contributed by atoms with E-state index in [0.29, 0.717) is 0 Å². The Morgan fingerprint density at radius 1 is 1.24 bits per heavy atom. The van der Waals surface area contributed by atoms with Crippen LogP contribution in [0.2, 0.25) is 0 Å². The first-order chi connectivity index (χ1) is 10.3. The second-order valence-corrected chi connectivity index (χ2v) is 5.82. The third-order valence-electron chi connectivity index (χ3n) is 4.00. The van der Waals surface area contributed by atoms with Crippen molar-refractivity contribution in [1.29, 1.82) is 0 Å². The molecule has 3 heteroatoms. The highest BCUT2D eigenvalue weighted by atomic mass is 16.5. The normalized spacial score (nSPS) is 14.2. The largest absolute Gasteiger partial charge is 0.492 e. The molecule has 0 saturated heterocycles. The molecular weight excluding hydrogens is 260 g/mol. The maximum atomic E-state index is 5.89. The minimum absolute atomic E-state index is 0.720. The van der Waals surface area contributed by atoms with E-state index in [1.54, 1.807) is 0 Å². The van der Waals surface area contributed by atoms with Crippen LogP contribution in [0.15, 0.2) is 18.2 Å². The van der Waals surface area contributed by atoms with Crippen molar-refractivity contribution in [3.63, 3.8) is 0 Å². The topological polar surface area (TPSA) is 24.5 Å². The Labute approximate surface area is 129 Å². The van der Waals surface area contributed by atoms with Gasteiger partial charge >= 0.3 is 0 Å². The molecular formula is C18H30N2O. The van der Waals surface area contributed by atoms with Crippen LogP contribution in [-0.4, -0.2) is 25.7 Å². The molecule has 0 heterocycles. The molecule has 0 unspecified atom stereocenters. The quantitative estimate of drug-likeness (QED) is 0.706. The van der Waals surface area contributed by atoms with E-state index in [0.717, 1.165) is 38.0 Å². The number of hydrogen-bond donors (Lipinski definition) is 1. The van der Waals surface area contributed by atoms with Crippen LogP contribution < -0.4 is 15.0 Å². The lowest BCUT2D eigenvalue weighted by atomic mass is 10.1. The van der Waals surface area contributed by atoms with Crippen molar-refractivity contribution in [3.05, 3.63) is 23.8 Å². The molecule has 0 bridgehead atoms. The molecule has 0 amide bonds. The Balaban J connectivity index is 2.09. The average molecular weight is 290 g/mol. The third kappa shape index (κ3) is 4.92. The summed E-state index contributed by atoms with van der Waals surface area (Å²) in [5, 5.41) is 3.57. The van der Waals surface area contributed by atoms with Crippen LogP contribution in [0.25, 0.3) is 0 Å². The Hall–Kier alpha value is -1.22. The molecule has 1 fully saturated rings. The number of rotatable bonds is 10. The minimum Gasteiger partial charge on any atom is -0.492 e. The fraction of sp³-hybridized carbons (Fsp3) is 0.667. The second kappa shape index (κ2) is 8.28. The van der Waals surface area contributed by atoms with Crippen molar-refractivity contribution in [1.82, 2.24) is 5.32 Å². The first-order valence-corrected chi connectivity index (χ1v) is 8.52. The van der Waals surface area contributed by atoms with Crippen LogP contribution in [0.1, 0.15) is 52.0 Å². The fourth-order valence-electron chi connectivity index (χ4n) is 2.55. The van der Waals surface area contributed by atoms with E-state index < -0.39 is 0 Å². The van der Waals surface area contributed by atoms with Gasteiger partial charge in [-0.3, -0.25) is 0 Å². The molecule has 1 aliphatic carbocycles. The molecule has 118 valence electrons. The lowest BCUT2D eigenvalue weighted by Crippen LogP contribution is -2.24. The number of hydrogen-bond acceptors (Lipinski definition) is 3. The molecule has 21 heavy (non-hydrogen) atoms. The predicted molar refractivity (Wildman–Crippen MR) is 90.3 cm³/mol. The van der Waals surface area contributed by atoms with Crippen LogP contribution >= 0.6 is 0 Å². The van der Waals surface area contributed by atoms with Gasteiger partial charge in [-0.2, -0.15) is 0 Å². The van der Waals surface area contributed by atoms with Crippen LogP contribution in [0.3, 0.4) is 0 Å². The second-order valence-electron chi connectivity index (χ2n) is 5.82. The summed E-state index contributed by atoms with van der Waals surface area (Å²) in [6, 6.07) is 7.43. The summed E-state index contributed by atoms with van der Waals surface area (Å²) in [5.41, 5.74) is 2.56. The molecule has 1 aromatic carbocycles. The van der Waals surface area contributed by atoms with E-state index in [-0.39, 0.29) is 0 Å². The summed E-state index contributed by atoms with van der Waals surface area (Å²) in [6.45, 7) is 10.3. The van der Waals surface area contributed by atoms with E-state index >= 15 is 0 Å². The number of benzene rings is 1. The maximum absolute atomic E-state index is 5.89. The van der Waals surface area contributed by atoms with E-state index in [1.807, 2.05) is 0 Å². The van der Waals surface area contributed by atoms with Gasteiger partial charge in [0.2, 0.25) is 0 Å². The first-order valence-electron chi connectivity index (χ1n) is 8.52. The van der Waals surface area contributed by atoms with Gasteiger partial charge in [0, 0.05) is 25.7 Å². The summed E-state index contributed by atoms with van der Waals surface area (Å²) < 4.78 is 5.89. The molecule has 1 saturated carbocycles. The number of nitrogens with one attached hydrogen (secondary N) is 1. The van der Waals surface area contributed by atoms with Crippen molar-refractivity contribution in [2.24, 2.45) is 0 Å². The third-order valence-corrected chi connectivity index (χ3v) is 4.00. The number of ether oxygens (including phenoxy) is 1. The molecule has 2 rings (SSSR count). The van der Waals surface area contributed by atoms with Gasteiger partial charge in [0.05, 0.1) is 12.3 Å². The summed E-state index contributed by atoms with van der Waals surface area (Å²) >= 11 is 0. The molecule has 0 atom stereocenters. The van der Waals surface area contributed by atoms with Gasteiger partial charge in [0.1, 0.15) is 5.75 Å². The van der Waals surface area contributed by atoms with Gasteiger partial charge in [-0.25, -0.2) is 0 Å². The van der Waals surface area contributed by atoms with Crippen LogP contribution in [0.4, 0.5) is 5.69 Å². The predicted octanol–water partition coefficient (Wildman–Crippen LogP) is 3.96. The van der Waals surface area contributed by atoms with Crippen LogP contribution in [0.5, 0.6) is 5.75 Å². The highest BCUT2D eigenvalue weighted by Crippen LogP contribution is 2.30. The number of unbranched alkanes of at least 4 members (excludes halogenated alkanes) is 1. The molecule has 0 radical (unpaired) electrons. The molecule has 0 spiro atoms. The summed E-state index contributed by atoms with van der Waals surface area (Å²) in [7, 11) is 0. The molecule has 0 aromatic heterocycles. The van der Waals surface area contributed by atoms with E-state index in [2.05, 4.69) is 49.2 Å². The zero-order valence-corrected chi connectivity index (χ0v) is 13.8. The van der Waals surface area contributed by atoms with Crippen LogP contribution in [-0.2, 0) is 6.54 Å². The SMILES string of the molecule is CCCCN(CC)c1ccc(CNC2CC2)cc1OCC. The standard InChI is InChI=1S/C18H30N2O/c1-4-7-12-20(5-2)17-11-8-15(13-18(17)21-6-3)14-19-16-9-10-16/h8,11,13,16,19H,4-7,9-10,12,14H2,1-3H3. The minimum atomic E-state index is 0.720. The Bertz CT molecular complexity index is 429. The highest BCUT2D eigenvalue weighted by molar-refractivity contribution is 5.59. The molecule has 1 aliphatic rings. The molecule has 0 aliphatic heterocycles. The number of nitrogens with zero attached hydrogens (tertiary/aromatic N) is 1. The van der Waals surface area contributed by atoms with Crippen molar-refractivity contribution < 1.29 is 4.74 Å². The van der Waals surface area contributed by atoms with Crippen molar-refractivity contribution in [2.45, 2.75) is 59.0 Å². The average Bonchev–Trinajstić information content (AvgIpc) is 3.32. The van der Waals surface area contributed by atoms with Crippen LogP contribution in [0, 0.1) is 0 Å². The molecule has 1 N–H and O–H groups in total. The van der Waals surface area contributed by atoms with E-state index in [1.165, 1.54) is 36.9 Å². The van der Waals surface area contributed by atoms with Gasteiger partial charge in [-0.05, 0) is 50.8 Å². The summed E-state index contributed by atoms with van der Waals surface area (Å²) in [6.07, 6.45) is 5.11. The fourth-order valence-corrected chi connectivity index (χ4v) is 2.55. The van der Waals surface area contributed by atoms with Crippen molar-refractivity contribution in [2.75, 3.05) is 24.6 Å². The Morgan fingerprint density at radius 3 is 2.67 bits per heavy atom. The summed E-state index contributed by atoms with van der Waals surface area (Å²) in [4.78, 5) is 2.42. The zero-order chi connectivity index (χ0) is 15.1. The lowest BCUT2D eigenvalue weighted by Gasteiger charge is -2.26. The number of anilines is 1. The van der Waals surface area contributed by atoms with E-state index in [9.17, 15) is 0 Å².